The summed E-state index contributed by atoms with van der Waals surface area (Å²) in [4.78, 5) is 12.6. The highest BCUT2D eigenvalue weighted by molar-refractivity contribution is 7.18. The maximum Gasteiger partial charge on any atom is 0.348 e. The van der Waals surface area contributed by atoms with Crippen molar-refractivity contribution in [3.63, 3.8) is 0 Å². The topological polar surface area (TPSA) is 63.3 Å². The van der Waals surface area contributed by atoms with Gasteiger partial charge in [0.1, 0.15) is 4.88 Å². The highest BCUT2D eigenvalue weighted by atomic mass is 32.1. The van der Waals surface area contributed by atoms with Crippen LogP contribution < -0.4 is 5.73 Å². The Balaban J connectivity index is 2.17. The standard InChI is InChI=1S/C17H19NO2S/c1-9(2)13-14(18)16(17(19)20)21-15(13)12-7-6-10-4-3-5-11(10)8-12/h6-9H,3-5,18H2,1-2H3,(H,19,20). The van der Waals surface area contributed by atoms with E-state index >= 15 is 0 Å². The van der Waals surface area contributed by atoms with Crippen LogP contribution in [-0.4, -0.2) is 11.1 Å². The number of thiophene rings is 1. The zero-order valence-electron chi connectivity index (χ0n) is 12.3. The molecule has 2 aromatic rings. The summed E-state index contributed by atoms with van der Waals surface area (Å²) in [5.41, 5.74) is 11.4. The third-order valence-corrected chi connectivity index (χ3v) is 5.37. The van der Waals surface area contributed by atoms with Crippen LogP contribution in [0.5, 0.6) is 0 Å². The van der Waals surface area contributed by atoms with Crippen LogP contribution in [0, 0.1) is 0 Å². The summed E-state index contributed by atoms with van der Waals surface area (Å²) in [7, 11) is 0. The molecule has 1 aromatic carbocycles. The number of benzene rings is 1. The van der Waals surface area contributed by atoms with Crippen LogP contribution in [-0.2, 0) is 12.8 Å². The number of carbonyl (C=O) groups is 1. The van der Waals surface area contributed by atoms with Gasteiger partial charge in [-0.1, -0.05) is 32.0 Å². The molecule has 0 unspecified atom stereocenters. The normalized spacial score (nSPS) is 13.7. The van der Waals surface area contributed by atoms with E-state index in [0.717, 1.165) is 28.8 Å². The van der Waals surface area contributed by atoms with Crippen molar-refractivity contribution in [1.82, 2.24) is 0 Å². The Hall–Kier alpha value is -1.81. The van der Waals surface area contributed by atoms with E-state index in [1.807, 2.05) is 0 Å². The molecule has 4 heteroatoms. The van der Waals surface area contributed by atoms with Crippen LogP contribution in [0.2, 0.25) is 0 Å². The summed E-state index contributed by atoms with van der Waals surface area (Å²) in [6.07, 6.45) is 3.48. The van der Waals surface area contributed by atoms with Gasteiger partial charge in [0.05, 0.1) is 5.69 Å². The predicted molar refractivity (Wildman–Crippen MR) is 87.2 cm³/mol. The third-order valence-electron chi connectivity index (χ3n) is 4.12. The van der Waals surface area contributed by atoms with Gasteiger partial charge in [-0.2, -0.15) is 0 Å². The first kappa shape index (κ1) is 14.1. The Bertz CT molecular complexity index is 716. The SMILES string of the molecule is CC(C)c1c(-c2ccc3c(c2)CCC3)sc(C(=O)O)c1N. The van der Waals surface area contributed by atoms with Crippen LogP contribution in [0.25, 0.3) is 10.4 Å². The van der Waals surface area contributed by atoms with Crippen molar-refractivity contribution in [1.29, 1.82) is 0 Å². The molecule has 1 aliphatic carbocycles. The first-order valence-electron chi connectivity index (χ1n) is 7.26. The van der Waals surface area contributed by atoms with Crippen LogP contribution in [0.1, 0.15) is 52.5 Å². The first-order chi connectivity index (χ1) is 9.99. The minimum absolute atomic E-state index is 0.206. The van der Waals surface area contributed by atoms with Crippen molar-refractivity contribution in [2.24, 2.45) is 0 Å². The minimum Gasteiger partial charge on any atom is -0.477 e. The molecular formula is C17H19NO2S. The molecule has 21 heavy (non-hydrogen) atoms. The van der Waals surface area contributed by atoms with Crippen molar-refractivity contribution in [2.75, 3.05) is 5.73 Å². The number of hydrogen-bond donors (Lipinski definition) is 2. The number of carboxylic acid groups (broad SMARTS) is 1. The summed E-state index contributed by atoms with van der Waals surface area (Å²) in [5, 5.41) is 9.32. The fourth-order valence-electron chi connectivity index (χ4n) is 3.12. The lowest BCUT2D eigenvalue weighted by molar-refractivity contribution is 0.0703. The molecule has 0 spiro atoms. The van der Waals surface area contributed by atoms with E-state index in [2.05, 4.69) is 32.0 Å². The van der Waals surface area contributed by atoms with E-state index in [0.29, 0.717) is 5.69 Å². The molecule has 0 saturated heterocycles. The molecule has 0 fully saturated rings. The molecule has 1 heterocycles. The summed E-state index contributed by atoms with van der Waals surface area (Å²) >= 11 is 1.30. The molecule has 3 nitrogen and oxygen atoms in total. The lowest BCUT2D eigenvalue weighted by Gasteiger charge is -2.10. The third kappa shape index (κ3) is 2.33. The van der Waals surface area contributed by atoms with Gasteiger partial charge in [0.2, 0.25) is 0 Å². The maximum atomic E-state index is 11.4. The molecule has 110 valence electrons. The van der Waals surface area contributed by atoms with E-state index in [1.54, 1.807) is 0 Å². The van der Waals surface area contributed by atoms with Crippen molar-refractivity contribution in [2.45, 2.75) is 39.0 Å². The number of anilines is 1. The fraction of sp³-hybridized carbons (Fsp3) is 0.353. The van der Waals surface area contributed by atoms with Crippen molar-refractivity contribution < 1.29 is 9.90 Å². The van der Waals surface area contributed by atoms with Gasteiger partial charge >= 0.3 is 5.97 Å². The minimum atomic E-state index is -0.938. The Morgan fingerprint density at radius 2 is 2.00 bits per heavy atom. The monoisotopic (exact) mass is 301 g/mol. The second-order valence-corrected chi connectivity index (χ2v) is 6.91. The number of fused-ring (bicyclic) bond motifs is 1. The molecule has 3 N–H and O–H groups in total. The average molecular weight is 301 g/mol. The fourth-order valence-corrected chi connectivity index (χ4v) is 4.33. The zero-order valence-corrected chi connectivity index (χ0v) is 13.1. The Labute approximate surface area is 128 Å². The number of aryl methyl sites for hydroxylation is 2. The molecule has 1 aliphatic rings. The van der Waals surface area contributed by atoms with Crippen molar-refractivity contribution in [3.05, 3.63) is 39.8 Å². The molecule has 0 radical (unpaired) electrons. The van der Waals surface area contributed by atoms with Gasteiger partial charge in [0.25, 0.3) is 0 Å². The highest BCUT2D eigenvalue weighted by Gasteiger charge is 2.24. The molecule has 1 aromatic heterocycles. The van der Waals surface area contributed by atoms with Crippen LogP contribution >= 0.6 is 11.3 Å². The van der Waals surface area contributed by atoms with Gasteiger partial charge in [-0.15, -0.1) is 11.3 Å². The zero-order chi connectivity index (χ0) is 15.1. The Kier molecular flexibility index (Phi) is 3.49. The van der Waals surface area contributed by atoms with Crippen molar-refractivity contribution in [3.8, 4) is 10.4 Å². The van der Waals surface area contributed by atoms with E-state index < -0.39 is 5.97 Å². The van der Waals surface area contributed by atoms with Gasteiger partial charge in [0, 0.05) is 4.88 Å². The highest BCUT2D eigenvalue weighted by Crippen LogP contribution is 2.43. The Morgan fingerprint density at radius 3 is 2.67 bits per heavy atom. The summed E-state index contributed by atoms with van der Waals surface area (Å²) in [5.74, 6) is -0.732. The molecule has 0 atom stereocenters. The van der Waals surface area contributed by atoms with Crippen LogP contribution in [0.15, 0.2) is 18.2 Å². The largest absolute Gasteiger partial charge is 0.477 e. The van der Waals surface area contributed by atoms with Gasteiger partial charge in [-0.3, -0.25) is 0 Å². The Morgan fingerprint density at radius 1 is 1.29 bits per heavy atom. The second-order valence-electron chi connectivity index (χ2n) is 5.88. The number of hydrogen-bond acceptors (Lipinski definition) is 3. The van der Waals surface area contributed by atoms with E-state index in [9.17, 15) is 9.90 Å². The molecule has 3 rings (SSSR count). The van der Waals surface area contributed by atoms with Gasteiger partial charge < -0.3 is 10.8 Å². The number of nitrogens with two attached hydrogens (primary N) is 1. The predicted octanol–water partition coefficient (Wildman–Crippen LogP) is 4.31. The molecule has 0 aliphatic heterocycles. The molecule has 0 bridgehead atoms. The molecular weight excluding hydrogens is 282 g/mol. The number of carboxylic acids is 1. The average Bonchev–Trinajstić information content (AvgIpc) is 3.01. The van der Waals surface area contributed by atoms with Crippen molar-refractivity contribution >= 4 is 23.0 Å². The number of rotatable bonds is 3. The van der Waals surface area contributed by atoms with E-state index in [1.165, 1.54) is 28.9 Å². The summed E-state index contributed by atoms with van der Waals surface area (Å²) in [6, 6.07) is 6.50. The van der Waals surface area contributed by atoms with E-state index in [-0.39, 0.29) is 10.8 Å². The smallest absolute Gasteiger partial charge is 0.348 e. The summed E-state index contributed by atoms with van der Waals surface area (Å²) in [6.45, 7) is 4.11. The summed E-state index contributed by atoms with van der Waals surface area (Å²) < 4.78 is 0. The van der Waals surface area contributed by atoms with E-state index in [4.69, 9.17) is 5.73 Å². The van der Waals surface area contributed by atoms with Gasteiger partial charge in [-0.25, -0.2) is 4.79 Å². The molecule has 0 amide bonds. The quantitative estimate of drug-likeness (QED) is 0.888. The van der Waals surface area contributed by atoms with Crippen LogP contribution in [0.4, 0.5) is 5.69 Å². The number of aromatic carboxylic acids is 1. The first-order valence-corrected chi connectivity index (χ1v) is 8.08. The maximum absolute atomic E-state index is 11.4. The molecule has 0 saturated carbocycles. The lowest BCUT2D eigenvalue weighted by Crippen LogP contribution is -2.00. The lowest BCUT2D eigenvalue weighted by atomic mass is 9.96. The second kappa shape index (κ2) is 5.19. The number of nitrogen functional groups attached to an aromatic ring is 1. The van der Waals surface area contributed by atoms with Gasteiger partial charge in [0.15, 0.2) is 0 Å². The van der Waals surface area contributed by atoms with Crippen LogP contribution in [0.3, 0.4) is 0 Å². The van der Waals surface area contributed by atoms with Gasteiger partial charge in [-0.05, 0) is 47.4 Å².